The van der Waals surface area contributed by atoms with Crippen molar-refractivity contribution in [1.29, 1.82) is 0 Å². The molecule has 0 radical (unpaired) electrons. The van der Waals surface area contributed by atoms with Crippen molar-refractivity contribution in [2.45, 2.75) is 32.5 Å². The van der Waals surface area contributed by atoms with Gasteiger partial charge in [-0.1, -0.05) is 41.2 Å². The van der Waals surface area contributed by atoms with E-state index in [4.69, 9.17) is 11.6 Å². The number of fused-ring (bicyclic) bond motifs is 1. The zero-order valence-corrected chi connectivity index (χ0v) is 13.9. The molecule has 21 heavy (non-hydrogen) atoms. The summed E-state index contributed by atoms with van der Waals surface area (Å²) in [7, 11) is 2.17. The molecule has 3 rings (SSSR count). The summed E-state index contributed by atoms with van der Waals surface area (Å²) < 4.78 is 4.65. The maximum Gasteiger partial charge on any atom is 0.138 e. The van der Waals surface area contributed by atoms with E-state index in [1.165, 1.54) is 22.8 Å². The molecule has 112 valence electrons. The number of para-hydroxylation sites is 1. The number of rotatable bonds is 3. The lowest BCUT2D eigenvalue weighted by atomic mass is 10.1. The molecule has 0 amide bonds. The maximum absolute atomic E-state index is 6.18. The Morgan fingerprint density at radius 2 is 2.19 bits per heavy atom. The van der Waals surface area contributed by atoms with Gasteiger partial charge in [-0.25, -0.2) is 0 Å². The zero-order chi connectivity index (χ0) is 14.8. The molecule has 1 aliphatic heterocycles. The third-order valence-electron chi connectivity index (χ3n) is 4.11. The van der Waals surface area contributed by atoms with E-state index >= 15 is 0 Å². The second-order valence-corrected chi connectivity index (χ2v) is 6.83. The summed E-state index contributed by atoms with van der Waals surface area (Å²) in [4.78, 5) is 4.81. The highest BCUT2D eigenvalue weighted by atomic mass is 35.5. The topological polar surface area (TPSA) is 32.3 Å². The number of benzene rings is 1. The number of aromatic nitrogens is 2. The van der Waals surface area contributed by atoms with E-state index in [0.717, 1.165) is 31.7 Å². The van der Waals surface area contributed by atoms with Crippen LogP contribution in [-0.2, 0) is 13.1 Å². The van der Waals surface area contributed by atoms with Crippen molar-refractivity contribution in [1.82, 2.24) is 14.5 Å². The first-order chi connectivity index (χ1) is 10.2. The van der Waals surface area contributed by atoms with Gasteiger partial charge in [0.25, 0.3) is 0 Å². The second-order valence-electron chi connectivity index (χ2n) is 5.47. The summed E-state index contributed by atoms with van der Waals surface area (Å²) >= 11 is 7.44. The van der Waals surface area contributed by atoms with Crippen LogP contribution in [-0.4, -0.2) is 34.1 Å². The van der Waals surface area contributed by atoms with Gasteiger partial charge in [0, 0.05) is 49.9 Å². The van der Waals surface area contributed by atoms with Gasteiger partial charge in [0.2, 0.25) is 0 Å². The molecule has 4 nitrogen and oxygen atoms in total. The predicted molar refractivity (Wildman–Crippen MR) is 88.0 cm³/mol. The normalized spacial score (nSPS) is 19.4. The number of nitrogens with zero attached hydrogens (tertiary/aromatic N) is 4. The highest BCUT2D eigenvalue weighted by molar-refractivity contribution is 7.10. The summed E-state index contributed by atoms with van der Waals surface area (Å²) in [5, 5.41) is 4.17. The zero-order valence-electron chi connectivity index (χ0n) is 12.3. The van der Waals surface area contributed by atoms with E-state index in [9.17, 15) is 0 Å². The van der Waals surface area contributed by atoms with E-state index in [0.29, 0.717) is 10.4 Å². The van der Waals surface area contributed by atoms with Crippen LogP contribution in [0.1, 0.15) is 24.6 Å². The van der Waals surface area contributed by atoms with Crippen LogP contribution in [0.2, 0.25) is 4.34 Å². The molecule has 0 saturated carbocycles. The lowest BCUT2D eigenvalue weighted by Crippen LogP contribution is -2.39. The number of hydrogen-bond donors (Lipinski definition) is 0. The summed E-state index contributed by atoms with van der Waals surface area (Å²) in [6.07, 6.45) is 1.10. The third kappa shape index (κ3) is 3.05. The van der Waals surface area contributed by atoms with Crippen LogP contribution in [0.15, 0.2) is 24.3 Å². The van der Waals surface area contributed by atoms with Crippen molar-refractivity contribution < 1.29 is 0 Å². The lowest BCUT2D eigenvalue weighted by Gasteiger charge is -2.30. The molecule has 0 spiro atoms. The number of likely N-dealkylation sites (N-methyl/N-ethyl adjacent to an activating group) is 1. The van der Waals surface area contributed by atoms with Gasteiger partial charge in [-0.3, -0.25) is 4.90 Å². The molecule has 1 aromatic carbocycles. The van der Waals surface area contributed by atoms with E-state index in [1.807, 2.05) is 0 Å². The van der Waals surface area contributed by atoms with Gasteiger partial charge in [-0.05, 0) is 18.1 Å². The minimum Gasteiger partial charge on any atom is -0.373 e. The Bertz CT molecular complexity index is 615. The Morgan fingerprint density at radius 3 is 2.90 bits per heavy atom. The smallest absolute Gasteiger partial charge is 0.138 e. The van der Waals surface area contributed by atoms with Gasteiger partial charge >= 0.3 is 0 Å². The maximum atomic E-state index is 6.18. The van der Waals surface area contributed by atoms with Crippen molar-refractivity contribution in [3.63, 3.8) is 0 Å². The average Bonchev–Trinajstić information content (AvgIpc) is 2.83. The first kappa shape index (κ1) is 14.8. The fourth-order valence-electron chi connectivity index (χ4n) is 2.95. The second kappa shape index (κ2) is 6.30. The molecule has 1 aliphatic rings. The first-order valence-corrected chi connectivity index (χ1v) is 8.34. The Balaban J connectivity index is 1.89. The highest BCUT2D eigenvalue weighted by Gasteiger charge is 2.26. The minimum absolute atomic E-state index is 0.486. The minimum atomic E-state index is 0.486. The van der Waals surface area contributed by atoms with Gasteiger partial charge < -0.3 is 4.90 Å². The fourth-order valence-corrected chi connectivity index (χ4v) is 3.56. The standard InChI is InChI=1S/C15H19ClN4S/c1-3-12-9-19(2)14-7-5-4-6-11(14)8-20(12)10-13-15(16)21-18-17-13/h4-7,12H,3,8-10H2,1-2H3/t12-/m1/s1. The molecule has 2 aromatic rings. The van der Waals surface area contributed by atoms with Crippen LogP contribution in [0.4, 0.5) is 5.69 Å². The van der Waals surface area contributed by atoms with Crippen molar-refractivity contribution in [2.24, 2.45) is 0 Å². The van der Waals surface area contributed by atoms with Crippen LogP contribution in [0.5, 0.6) is 0 Å². The number of anilines is 1. The molecular formula is C15H19ClN4S. The largest absolute Gasteiger partial charge is 0.373 e. The molecule has 0 fully saturated rings. The molecule has 0 N–H and O–H groups in total. The van der Waals surface area contributed by atoms with Crippen LogP contribution in [0, 0.1) is 0 Å². The van der Waals surface area contributed by atoms with Gasteiger partial charge in [-0.15, -0.1) is 5.10 Å². The van der Waals surface area contributed by atoms with Crippen molar-refractivity contribution in [3.8, 4) is 0 Å². The molecule has 1 aromatic heterocycles. The Hall–Kier alpha value is -1.17. The molecule has 0 aliphatic carbocycles. The molecule has 2 heterocycles. The van der Waals surface area contributed by atoms with Gasteiger partial charge in [0.1, 0.15) is 10.0 Å². The van der Waals surface area contributed by atoms with E-state index in [2.05, 4.69) is 57.6 Å². The first-order valence-electron chi connectivity index (χ1n) is 7.19. The van der Waals surface area contributed by atoms with E-state index in [1.54, 1.807) is 0 Å². The Kier molecular flexibility index (Phi) is 4.42. The van der Waals surface area contributed by atoms with Gasteiger partial charge in [0.15, 0.2) is 0 Å². The van der Waals surface area contributed by atoms with Gasteiger partial charge in [-0.2, -0.15) is 0 Å². The Labute approximate surface area is 134 Å². The third-order valence-corrected chi connectivity index (χ3v) is 5.10. The number of hydrogen-bond acceptors (Lipinski definition) is 5. The van der Waals surface area contributed by atoms with Crippen LogP contribution < -0.4 is 4.90 Å². The summed E-state index contributed by atoms with van der Waals surface area (Å²) in [5.74, 6) is 0. The fraction of sp³-hybridized carbons (Fsp3) is 0.467. The Morgan fingerprint density at radius 1 is 1.38 bits per heavy atom. The number of halogens is 1. The molecule has 0 unspecified atom stereocenters. The van der Waals surface area contributed by atoms with Crippen molar-refractivity contribution in [3.05, 3.63) is 39.9 Å². The van der Waals surface area contributed by atoms with Crippen molar-refractivity contribution >= 4 is 28.8 Å². The monoisotopic (exact) mass is 322 g/mol. The molecule has 0 bridgehead atoms. The molecule has 0 saturated heterocycles. The SMILES string of the molecule is CC[C@@H]1CN(C)c2ccccc2CN1Cc1nnsc1Cl. The van der Waals surface area contributed by atoms with Crippen LogP contribution in [0.3, 0.4) is 0 Å². The average molecular weight is 323 g/mol. The van der Waals surface area contributed by atoms with Crippen LogP contribution in [0.25, 0.3) is 0 Å². The molecular weight excluding hydrogens is 304 g/mol. The molecule has 1 atom stereocenters. The predicted octanol–water partition coefficient (Wildman–Crippen LogP) is 3.42. The van der Waals surface area contributed by atoms with E-state index < -0.39 is 0 Å². The molecule has 6 heteroatoms. The quantitative estimate of drug-likeness (QED) is 0.866. The van der Waals surface area contributed by atoms with Crippen LogP contribution >= 0.6 is 23.1 Å². The highest BCUT2D eigenvalue weighted by Crippen LogP contribution is 2.29. The van der Waals surface area contributed by atoms with Crippen molar-refractivity contribution in [2.75, 3.05) is 18.5 Å². The van der Waals surface area contributed by atoms with Gasteiger partial charge in [0.05, 0.1) is 0 Å². The summed E-state index contributed by atoms with van der Waals surface area (Å²) in [6.45, 7) is 4.94. The summed E-state index contributed by atoms with van der Waals surface area (Å²) in [6, 6.07) is 9.10. The summed E-state index contributed by atoms with van der Waals surface area (Å²) in [5.41, 5.74) is 3.57. The lowest BCUT2D eigenvalue weighted by molar-refractivity contribution is 0.179. The van der Waals surface area contributed by atoms with E-state index in [-0.39, 0.29) is 0 Å².